The van der Waals surface area contributed by atoms with Gasteiger partial charge in [-0.05, 0) is 37.7 Å². The second-order valence-corrected chi connectivity index (χ2v) is 5.72. The fourth-order valence-electron chi connectivity index (χ4n) is 1.66. The van der Waals surface area contributed by atoms with Crippen LogP contribution in [-0.4, -0.2) is 11.3 Å². The molecule has 0 spiro atoms. The van der Waals surface area contributed by atoms with Crippen LogP contribution in [0.15, 0.2) is 23.1 Å². The van der Waals surface area contributed by atoms with Crippen molar-refractivity contribution in [2.75, 3.05) is 11.1 Å². The molecule has 1 aliphatic carbocycles. The van der Waals surface area contributed by atoms with Crippen molar-refractivity contribution in [2.24, 2.45) is 0 Å². The molecule has 1 N–H and O–H groups in total. The topological polar surface area (TPSA) is 35.8 Å². The molecule has 1 aliphatic rings. The van der Waals surface area contributed by atoms with E-state index in [0.29, 0.717) is 0 Å². The zero-order valence-electron chi connectivity index (χ0n) is 9.71. The molecule has 0 bridgehead atoms. The van der Waals surface area contributed by atoms with E-state index in [2.05, 4.69) is 25.2 Å². The molecule has 1 saturated carbocycles. The lowest BCUT2D eigenvalue weighted by atomic mass is 10.1. The number of hydrogen-bond donors (Lipinski definition) is 1. The molecule has 16 heavy (non-hydrogen) atoms. The van der Waals surface area contributed by atoms with Crippen LogP contribution in [0.1, 0.15) is 32.3 Å². The summed E-state index contributed by atoms with van der Waals surface area (Å²) >= 11 is 1.72. The van der Waals surface area contributed by atoms with Crippen LogP contribution >= 0.6 is 11.8 Å². The number of nitrogens with one attached hydrogen (secondary N) is 1. The monoisotopic (exact) mass is 232 g/mol. The first-order chi connectivity index (χ1) is 7.68. The summed E-state index contributed by atoms with van der Waals surface area (Å²) in [4.78, 5) is 1.08. The Balaban J connectivity index is 2.29. The zero-order valence-corrected chi connectivity index (χ0v) is 10.5. The molecule has 0 heterocycles. The second kappa shape index (κ2) is 4.39. The summed E-state index contributed by atoms with van der Waals surface area (Å²) in [6.45, 7) is 4.31. The van der Waals surface area contributed by atoms with Gasteiger partial charge in [0.2, 0.25) is 0 Å². The van der Waals surface area contributed by atoms with Gasteiger partial charge in [-0.3, -0.25) is 0 Å². The van der Waals surface area contributed by atoms with Gasteiger partial charge < -0.3 is 5.32 Å². The van der Waals surface area contributed by atoms with Crippen molar-refractivity contribution in [3.63, 3.8) is 0 Å². The number of nitriles is 1. The lowest BCUT2D eigenvalue weighted by molar-refractivity contribution is 0.828. The van der Waals surface area contributed by atoms with Crippen molar-refractivity contribution < 1.29 is 0 Å². The second-order valence-electron chi connectivity index (χ2n) is 4.41. The van der Waals surface area contributed by atoms with E-state index in [4.69, 9.17) is 0 Å². The van der Waals surface area contributed by atoms with Crippen LogP contribution in [0, 0.1) is 11.3 Å². The van der Waals surface area contributed by atoms with E-state index >= 15 is 0 Å². The number of benzene rings is 1. The standard InChI is InChI=1S/C13H16N2S/c1-3-16-12-6-4-5-11(10(12)9-14)15-13(2)7-8-13/h4-6,15H,3,7-8H2,1-2H3. The van der Waals surface area contributed by atoms with Gasteiger partial charge >= 0.3 is 0 Å². The maximum Gasteiger partial charge on any atom is 0.102 e. The van der Waals surface area contributed by atoms with E-state index in [0.717, 1.165) is 21.9 Å². The Labute approximate surface area is 101 Å². The molecule has 0 unspecified atom stereocenters. The number of anilines is 1. The maximum atomic E-state index is 9.24. The molecule has 84 valence electrons. The first-order valence-corrected chi connectivity index (χ1v) is 6.61. The highest BCUT2D eigenvalue weighted by molar-refractivity contribution is 7.99. The van der Waals surface area contributed by atoms with Gasteiger partial charge in [0, 0.05) is 10.4 Å². The number of rotatable bonds is 4. The summed E-state index contributed by atoms with van der Waals surface area (Å²) in [6.07, 6.45) is 2.39. The lowest BCUT2D eigenvalue weighted by Crippen LogP contribution is -2.16. The van der Waals surface area contributed by atoms with Gasteiger partial charge in [0.1, 0.15) is 6.07 Å². The maximum absolute atomic E-state index is 9.24. The minimum absolute atomic E-state index is 0.223. The normalized spacial score (nSPS) is 16.6. The first-order valence-electron chi connectivity index (χ1n) is 5.62. The van der Waals surface area contributed by atoms with Crippen molar-refractivity contribution in [3.05, 3.63) is 23.8 Å². The summed E-state index contributed by atoms with van der Waals surface area (Å²) in [7, 11) is 0. The molecule has 0 radical (unpaired) electrons. The third-order valence-corrected chi connectivity index (χ3v) is 3.81. The van der Waals surface area contributed by atoms with Gasteiger partial charge in [0.05, 0.1) is 11.3 Å². The molecular weight excluding hydrogens is 216 g/mol. The van der Waals surface area contributed by atoms with E-state index in [1.165, 1.54) is 12.8 Å². The summed E-state index contributed by atoms with van der Waals surface area (Å²) in [5.74, 6) is 0.995. The average molecular weight is 232 g/mol. The fraction of sp³-hybridized carbons (Fsp3) is 0.462. The van der Waals surface area contributed by atoms with E-state index < -0.39 is 0 Å². The van der Waals surface area contributed by atoms with E-state index in [1.807, 2.05) is 18.2 Å². The molecule has 0 saturated heterocycles. The Hall–Kier alpha value is -1.14. The third kappa shape index (κ3) is 2.33. The van der Waals surface area contributed by atoms with E-state index in [-0.39, 0.29) is 5.54 Å². The highest BCUT2D eigenvalue weighted by Crippen LogP contribution is 2.40. The number of nitrogens with zero attached hydrogens (tertiary/aromatic N) is 1. The minimum Gasteiger partial charge on any atom is -0.379 e. The smallest absolute Gasteiger partial charge is 0.102 e. The van der Waals surface area contributed by atoms with Crippen molar-refractivity contribution >= 4 is 17.4 Å². The Morgan fingerprint density at radius 3 is 2.81 bits per heavy atom. The van der Waals surface area contributed by atoms with Gasteiger partial charge in [-0.15, -0.1) is 11.8 Å². The lowest BCUT2D eigenvalue weighted by Gasteiger charge is -2.15. The fourth-order valence-corrected chi connectivity index (χ4v) is 2.45. The van der Waals surface area contributed by atoms with Gasteiger partial charge in [0.25, 0.3) is 0 Å². The molecule has 0 atom stereocenters. The van der Waals surface area contributed by atoms with Crippen LogP contribution in [0.25, 0.3) is 0 Å². The third-order valence-electron chi connectivity index (χ3n) is 2.87. The van der Waals surface area contributed by atoms with Crippen LogP contribution < -0.4 is 5.32 Å². The van der Waals surface area contributed by atoms with Gasteiger partial charge in [0.15, 0.2) is 0 Å². The van der Waals surface area contributed by atoms with Crippen LogP contribution in [0.4, 0.5) is 5.69 Å². The molecule has 1 fully saturated rings. The zero-order chi connectivity index (χ0) is 11.6. The van der Waals surface area contributed by atoms with Crippen molar-refractivity contribution in [1.82, 2.24) is 0 Å². The summed E-state index contributed by atoms with van der Waals surface area (Å²) in [5, 5.41) is 12.7. The van der Waals surface area contributed by atoms with Crippen molar-refractivity contribution in [3.8, 4) is 6.07 Å². The molecule has 0 aliphatic heterocycles. The minimum atomic E-state index is 0.223. The largest absolute Gasteiger partial charge is 0.379 e. The van der Waals surface area contributed by atoms with Crippen LogP contribution in [0.5, 0.6) is 0 Å². The molecule has 0 amide bonds. The van der Waals surface area contributed by atoms with Gasteiger partial charge in [-0.2, -0.15) is 5.26 Å². The summed E-state index contributed by atoms with van der Waals surface area (Å²) in [5.41, 5.74) is 2.00. The van der Waals surface area contributed by atoms with Gasteiger partial charge in [-0.25, -0.2) is 0 Å². The van der Waals surface area contributed by atoms with Crippen molar-refractivity contribution in [2.45, 2.75) is 37.1 Å². The predicted molar refractivity (Wildman–Crippen MR) is 68.8 cm³/mol. The average Bonchev–Trinajstić information content (AvgIpc) is 2.97. The number of thioether (sulfide) groups is 1. The first kappa shape index (κ1) is 11.3. The highest BCUT2D eigenvalue weighted by Gasteiger charge is 2.37. The Morgan fingerprint density at radius 1 is 1.50 bits per heavy atom. The Morgan fingerprint density at radius 2 is 2.25 bits per heavy atom. The van der Waals surface area contributed by atoms with Crippen LogP contribution in [0.3, 0.4) is 0 Å². The SMILES string of the molecule is CCSc1cccc(NC2(C)CC2)c1C#N. The van der Waals surface area contributed by atoms with E-state index in [9.17, 15) is 5.26 Å². The molecule has 3 heteroatoms. The molecule has 1 aromatic rings. The summed E-state index contributed by atoms with van der Waals surface area (Å²) < 4.78 is 0. The highest BCUT2D eigenvalue weighted by atomic mass is 32.2. The van der Waals surface area contributed by atoms with Crippen molar-refractivity contribution in [1.29, 1.82) is 5.26 Å². The molecule has 0 aromatic heterocycles. The summed E-state index contributed by atoms with van der Waals surface area (Å²) in [6, 6.07) is 8.36. The van der Waals surface area contributed by atoms with Gasteiger partial charge in [-0.1, -0.05) is 13.0 Å². The Bertz CT molecular complexity index is 430. The molecule has 2 nitrogen and oxygen atoms in total. The predicted octanol–water partition coefficient (Wildman–Crippen LogP) is 3.63. The molecule has 1 aromatic carbocycles. The van der Waals surface area contributed by atoms with Crippen LogP contribution in [-0.2, 0) is 0 Å². The Kier molecular flexibility index (Phi) is 3.11. The molecular formula is C13H16N2S. The van der Waals surface area contributed by atoms with E-state index in [1.54, 1.807) is 11.8 Å². The number of hydrogen-bond acceptors (Lipinski definition) is 3. The molecule has 2 rings (SSSR count). The quantitative estimate of drug-likeness (QED) is 0.805. The van der Waals surface area contributed by atoms with Crippen LogP contribution in [0.2, 0.25) is 0 Å².